The summed E-state index contributed by atoms with van der Waals surface area (Å²) in [6.07, 6.45) is -3.50. The Bertz CT molecular complexity index is 560. The summed E-state index contributed by atoms with van der Waals surface area (Å²) in [5, 5.41) is 12.0. The normalized spacial score (nSPS) is 13.0. The number of hydrogen-bond donors (Lipinski definition) is 2. The Labute approximate surface area is 113 Å². The molecule has 0 fully saturated rings. The van der Waals surface area contributed by atoms with Crippen molar-refractivity contribution in [1.29, 1.82) is 0 Å². The van der Waals surface area contributed by atoms with Crippen LogP contribution in [-0.2, 0) is 6.18 Å². The molecule has 0 saturated carbocycles. The van der Waals surface area contributed by atoms with Crippen LogP contribution in [0.3, 0.4) is 0 Å². The van der Waals surface area contributed by atoms with Crippen LogP contribution >= 0.6 is 0 Å². The zero-order valence-electron chi connectivity index (χ0n) is 10.3. The van der Waals surface area contributed by atoms with Gasteiger partial charge in [-0.05, 0) is 11.6 Å². The third-order valence-electron chi connectivity index (χ3n) is 2.63. The van der Waals surface area contributed by atoms with Crippen LogP contribution in [0.2, 0.25) is 0 Å². The Morgan fingerprint density at radius 2 is 1.85 bits per heavy atom. The number of benzene rings is 1. The molecular weight excluding hydrogens is 271 g/mol. The number of nitrogens with zero attached hydrogens (tertiary/aromatic N) is 2. The summed E-state index contributed by atoms with van der Waals surface area (Å²) in [5.74, 6) is -0.178. The van der Waals surface area contributed by atoms with Gasteiger partial charge in [0.25, 0.3) is 0 Å². The fourth-order valence-electron chi connectivity index (χ4n) is 1.66. The Morgan fingerprint density at radius 1 is 1.15 bits per heavy atom. The minimum atomic E-state index is -4.53. The van der Waals surface area contributed by atoms with Crippen LogP contribution in [0.5, 0.6) is 0 Å². The predicted octanol–water partition coefficient (Wildman–Crippen LogP) is 2.64. The molecule has 2 N–H and O–H groups in total. The van der Waals surface area contributed by atoms with Gasteiger partial charge in [0.2, 0.25) is 5.95 Å². The van der Waals surface area contributed by atoms with Crippen molar-refractivity contribution in [2.75, 3.05) is 11.9 Å². The largest absolute Gasteiger partial charge is 0.433 e. The first-order chi connectivity index (χ1) is 9.50. The molecule has 0 saturated heterocycles. The molecule has 0 unspecified atom stereocenters. The Hall–Kier alpha value is -2.15. The summed E-state index contributed by atoms with van der Waals surface area (Å²) in [4.78, 5) is 7.13. The van der Waals surface area contributed by atoms with Crippen molar-refractivity contribution in [2.24, 2.45) is 0 Å². The second kappa shape index (κ2) is 5.87. The lowest BCUT2D eigenvalue weighted by molar-refractivity contribution is -0.141. The van der Waals surface area contributed by atoms with Gasteiger partial charge in [-0.2, -0.15) is 13.2 Å². The van der Waals surface area contributed by atoms with Crippen molar-refractivity contribution in [3.8, 4) is 0 Å². The highest BCUT2D eigenvalue weighted by Gasteiger charge is 2.32. The number of aliphatic hydroxyl groups is 1. The summed E-state index contributed by atoms with van der Waals surface area (Å²) >= 11 is 0. The maximum atomic E-state index is 12.5. The quantitative estimate of drug-likeness (QED) is 0.905. The average Bonchev–Trinajstić information content (AvgIpc) is 2.45. The molecule has 1 aromatic carbocycles. The van der Waals surface area contributed by atoms with E-state index in [9.17, 15) is 18.3 Å². The number of halogens is 3. The molecule has 0 aliphatic carbocycles. The average molecular weight is 283 g/mol. The second-order valence-corrected chi connectivity index (χ2v) is 4.05. The van der Waals surface area contributed by atoms with Crippen LogP contribution < -0.4 is 5.32 Å². The molecule has 0 aliphatic rings. The highest BCUT2D eigenvalue weighted by Crippen LogP contribution is 2.28. The van der Waals surface area contributed by atoms with E-state index in [1.54, 1.807) is 30.3 Å². The number of rotatable bonds is 4. The maximum absolute atomic E-state index is 12.5. The first-order valence-corrected chi connectivity index (χ1v) is 5.83. The first-order valence-electron chi connectivity index (χ1n) is 5.83. The van der Waals surface area contributed by atoms with Gasteiger partial charge in [-0.15, -0.1) is 0 Å². The van der Waals surface area contributed by atoms with Gasteiger partial charge >= 0.3 is 6.18 Å². The molecule has 7 heteroatoms. The first kappa shape index (κ1) is 14.3. The van der Waals surface area contributed by atoms with E-state index < -0.39 is 17.9 Å². The lowest BCUT2D eigenvalue weighted by atomic mass is 10.1. The van der Waals surface area contributed by atoms with Gasteiger partial charge < -0.3 is 10.4 Å². The van der Waals surface area contributed by atoms with Crippen molar-refractivity contribution < 1.29 is 18.3 Å². The molecule has 20 heavy (non-hydrogen) atoms. The van der Waals surface area contributed by atoms with E-state index >= 15 is 0 Å². The number of alkyl halides is 3. The Kier molecular flexibility index (Phi) is 4.19. The topological polar surface area (TPSA) is 58.0 Å². The lowest BCUT2D eigenvalue weighted by Gasteiger charge is -2.17. The summed E-state index contributed by atoms with van der Waals surface area (Å²) in [6, 6.07) is 9.07. The molecule has 0 bridgehead atoms. The summed E-state index contributed by atoms with van der Waals surface area (Å²) in [7, 11) is 0. The zero-order chi connectivity index (χ0) is 14.6. The van der Waals surface area contributed by atoms with E-state index in [4.69, 9.17) is 0 Å². The number of nitrogens with one attached hydrogen (secondary N) is 1. The van der Waals surface area contributed by atoms with Crippen LogP contribution in [0.15, 0.2) is 42.6 Å². The summed E-state index contributed by atoms with van der Waals surface area (Å²) < 4.78 is 37.6. The van der Waals surface area contributed by atoms with Gasteiger partial charge in [-0.1, -0.05) is 30.3 Å². The minimum Gasteiger partial charge on any atom is -0.394 e. The van der Waals surface area contributed by atoms with Gasteiger partial charge in [0.05, 0.1) is 12.6 Å². The van der Waals surface area contributed by atoms with E-state index in [1.807, 2.05) is 0 Å². The third kappa shape index (κ3) is 3.45. The van der Waals surface area contributed by atoms with Gasteiger partial charge in [-0.3, -0.25) is 0 Å². The van der Waals surface area contributed by atoms with E-state index in [-0.39, 0.29) is 12.6 Å². The molecule has 0 radical (unpaired) electrons. The van der Waals surface area contributed by atoms with Crippen LogP contribution in [0.1, 0.15) is 17.3 Å². The van der Waals surface area contributed by atoms with E-state index in [2.05, 4.69) is 15.3 Å². The fourth-order valence-corrected chi connectivity index (χ4v) is 1.66. The van der Waals surface area contributed by atoms with Crippen molar-refractivity contribution in [3.05, 3.63) is 53.9 Å². The maximum Gasteiger partial charge on any atom is 0.433 e. The fraction of sp³-hybridized carbons (Fsp3) is 0.231. The molecular formula is C13H12F3N3O. The molecule has 0 spiro atoms. The van der Waals surface area contributed by atoms with Crippen molar-refractivity contribution in [1.82, 2.24) is 9.97 Å². The number of anilines is 1. The van der Waals surface area contributed by atoms with Gasteiger partial charge in [0.1, 0.15) is 5.69 Å². The smallest absolute Gasteiger partial charge is 0.394 e. The SMILES string of the molecule is OC[C@@H](Nc1nccc(C(F)(F)F)n1)c1ccccc1. The van der Waals surface area contributed by atoms with Gasteiger partial charge in [0.15, 0.2) is 0 Å². The Morgan fingerprint density at radius 3 is 2.45 bits per heavy atom. The van der Waals surface area contributed by atoms with Gasteiger partial charge in [0, 0.05) is 6.20 Å². The summed E-state index contributed by atoms with van der Waals surface area (Å²) in [6.45, 7) is -0.288. The monoisotopic (exact) mass is 283 g/mol. The molecule has 4 nitrogen and oxygen atoms in total. The molecule has 1 heterocycles. The highest BCUT2D eigenvalue weighted by molar-refractivity contribution is 5.33. The zero-order valence-corrected chi connectivity index (χ0v) is 10.3. The van der Waals surface area contributed by atoms with Crippen LogP contribution in [-0.4, -0.2) is 21.7 Å². The third-order valence-corrected chi connectivity index (χ3v) is 2.63. The van der Waals surface area contributed by atoms with Crippen molar-refractivity contribution >= 4 is 5.95 Å². The van der Waals surface area contributed by atoms with Gasteiger partial charge in [-0.25, -0.2) is 9.97 Å². The van der Waals surface area contributed by atoms with Crippen LogP contribution in [0.25, 0.3) is 0 Å². The lowest BCUT2D eigenvalue weighted by Crippen LogP contribution is -2.18. The Balaban J connectivity index is 2.20. The molecule has 2 rings (SSSR count). The molecule has 2 aromatic rings. The minimum absolute atomic E-state index is 0.178. The van der Waals surface area contributed by atoms with Crippen LogP contribution in [0, 0.1) is 0 Å². The molecule has 1 aromatic heterocycles. The van der Waals surface area contributed by atoms with E-state index in [1.165, 1.54) is 0 Å². The predicted molar refractivity (Wildman–Crippen MR) is 66.9 cm³/mol. The molecule has 1 atom stereocenters. The standard InChI is InChI=1S/C13H12F3N3O/c14-13(15,16)11-6-7-17-12(19-11)18-10(8-20)9-4-2-1-3-5-9/h1-7,10,20H,8H2,(H,17,18,19)/t10-/m1/s1. The molecule has 106 valence electrons. The summed E-state index contributed by atoms with van der Waals surface area (Å²) in [5.41, 5.74) is -0.296. The highest BCUT2D eigenvalue weighted by atomic mass is 19.4. The number of aromatic nitrogens is 2. The number of aliphatic hydroxyl groups excluding tert-OH is 1. The van der Waals surface area contributed by atoms with Crippen LogP contribution in [0.4, 0.5) is 19.1 Å². The van der Waals surface area contributed by atoms with Crippen molar-refractivity contribution in [2.45, 2.75) is 12.2 Å². The van der Waals surface area contributed by atoms with Crippen molar-refractivity contribution in [3.63, 3.8) is 0 Å². The van der Waals surface area contributed by atoms with E-state index in [0.717, 1.165) is 17.8 Å². The molecule has 0 aliphatic heterocycles. The number of hydrogen-bond acceptors (Lipinski definition) is 4. The van der Waals surface area contributed by atoms with E-state index in [0.29, 0.717) is 0 Å². The second-order valence-electron chi connectivity index (χ2n) is 4.05. The molecule has 0 amide bonds.